The number of carboxylic acid groups (broad SMARTS) is 1. The van der Waals surface area contributed by atoms with Crippen LogP contribution in [0.1, 0.15) is 15.9 Å². The molecule has 1 heterocycles. The molecule has 0 spiro atoms. The monoisotopic (exact) mass is 279 g/mol. The fourth-order valence-corrected chi connectivity index (χ4v) is 1.63. The fourth-order valence-electron chi connectivity index (χ4n) is 1.63. The third-order valence-electron chi connectivity index (χ3n) is 2.60. The normalized spacial score (nSPS) is 10.4. The molecule has 0 aliphatic heterocycles. The summed E-state index contributed by atoms with van der Waals surface area (Å²) in [5.74, 6) is -1.39. The highest BCUT2D eigenvalue weighted by Crippen LogP contribution is 2.20. The topological polar surface area (TPSA) is 133 Å². The average Bonchev–Trinajstić information content (AvgIpc) is 2.70. The molecule has 0 saturated heterocycles. The van der Waals surface area contributed by atoms with E-state index in [1.165, 1.54) is 13.1 Å². The number of carboxylic acids is 1. The van der Waals surface area contributed by atoms with Crippen molar-refractivity contribution >= 4 is 11.7 Å². The van der Waals surface area contributed by atoms with Gasteiger partial charge in [0.05, 0.1) is 11.5 Å². The third kappa shape index (κ3) is 2.39. The Morgan fingerprint density at radius 2 is 2.15 bits per heavy atom. The van der Waals surface area contributed by atoms with E-state index < -0.39 is 27.8 Å². The maximum Gasteiger partial charge on any atom is 0.363 e. The predicted molar refractivity (Wildman–Crippen MR) is 64.4 cm³/mol. The van der Waals surface area contributed by atoms with E-state index in [4.69, 9.17) is 5.11 Å². The molecule has 0 atom stereocenters. The van der Waals surface area contributed by atoms with Crippen LogP contribution in [-0.2, 0) is 13.6 Å². The predicted octanol–water partition coefficient (Wildman–Crippen LogP) is -0.369. The Morgan fingerprint density at radius 1 is 1.45 bits per heavy atom. The van der Waals surface area contributed by atoms with E-state index in [9.17, 15) is 19.7 Å². The Morgan fingerprint density at radius 3 is 2.65 bits per heavy atom. The summed E-state index contributed by atoms with van der Waals surface area (Å²) in [6, 6.07) is 3.61. The van der Waals surface area contributed by atoms with Gasteiger partial charge in [-0.1, -0.05) is 6.07 Å². The summed E-state index contributed by atoms with van der Waals surface area (Å²) in [6.07, 6.45) is 0. The molecule has 1 aromatic heterocycles. The molecule has 2 aromatic rings. The first-order valence-corrected chi connectivity index (χ1v) is 5.37. The van der Waals surface area contributed by atoms with Gasteiger partial charge in [-0.25, -0.2) is 9.59 Å². The molecule has 1 N–H and O–H groups in total. The van der Waals surface area contributed by atoms with Gasteiger partial charge in [0.1, 0.15) is 5.56 Å². The molecule has 0 aliphatic rings. The molecular formula is C10H9N5O5. The Balaban J connectivity index is 2.42. The molecule has 20 heavy (non-hydrogen) atoms. The molecule has 0 bridgehead atoms. The molecule has 0 fully saturated rings. The van der Waals surface area contributed by atoms with Crippen LogP contribution in [0.5, 0.6) is 0 Å². The Labute approximate surface area is 111 Å². The number of tetrazole rings is 1. The lowest BCUT2D eigenvalue weighted by molar-refractivity contribution is -0.385. The van der Waals surface area contributed by atoms with Crippen LogP contribution in [-0.4, -0.2) is 35.8 Å². The maximum atomic E-state index is 11.5. The quantitative estimate of drug-likeness (QED) is 0.596. The Bertz CT molecular complexity index is 747. The lowest BCUT2D eigenvalue weighted by Crippen LogP contribution is -2.23. The van der Waals surface area contributed by atoms with Crippen LogP contribution >= 0.6 is 0 Å². The summed E-state index contributed by atoms with van der Waals surface area (Å²) in [6.45, 7) is -0.0343. The van der Waals surface area contributed by atoms with Crippen LogP contribution in [0.25, 0.3) is 0 Å². The molecule has 10 heteroatoms. The largest absolute Gasteiger partial charge is 0.477 e. The summed E-state index contributed by atoms with van der Waals surface area (Å²) in [4.78, 5) is 32.5. The van der Waals surface area contributed by atoms with Gasteiger partial charge in [-0.2, -0.15) is 9.36 Å². The lowest BCUT2D eigenvalue weighted by Gasteiger charge is -2.02. The second-order valence-corrected chi connectivity index (χ2v) is 3.96. The second kappa shape index (κ2) is 4.91. The van der Waals surface area contributed by atoms with E-state index in [1.807, 2.05) is 0 Å². The van der Waals surface area contributed by atoms with Crippen LogP contribution in [0, 0.1) is 10.1 Å². The van der Waals surface area contributed by atoms with Crippen molar-refractivity contribution in [2.24, 2.45) is 7.05 Å². The molecule has 1 aromatic carbocycles. The van der Waals surface area contributed by atoms with E-state index in [-0.39, 0.29) is 6.54 Å². The number of nitro groups is 1. The first kappa shape index (κ1) is 13.4. The number of aromatic carboxylic acids is 1. The zero-order valence-electron chi connectivity index (χ0n) is 10.3. The van der Waals surface area contributed by atoms with Crippen LogP contribution in [0.3, 0.4) is 0 Å². The van der Waals surface area contributed by atoms with Crippen molar-refractivity contribution in [2.75, 3.05) is 0 Å². The molecule has 0 aliphatic carbocycles. The van der Waals surface area contributed by atoms with Gasteiger partial charge >= 0.3 is 11.7 Å². The number of rotatable bonds is 4. The molecule has 2 rings (SSSR count). The minimum atomic E-state index is -1.39. The van der Waals surface area contributed by atoms with Gasteiger partial charge in [-0.3, -0.25) is 10.1 Å². The molecule has 10 nitrogen and oxygen atoms in total. The number of nitrogens with zero attached hydrogens (tertiary/aromatic N) is 5. The average molecular weight is 279 g/mol. The number of aryl methyl sites for hydroxylation is 1. The first-order valence-electron chi connectivity index (χ1n) is 5.37. The van der Waals surface area contributed by atoms with E-state index in [1.54, 1.807) is 0 Å². The number of hydrogen-bond donors (Lipinski definition) is 1. The molecule has 104 valence electrons. The van der Waals surface area contributed by atoms with Gasteiger partial charge < -0.3 is 5.11 Å². The van der Waals surface area contributed by atoms with Gasteiger partial charge in [0, 0.05) is 13.1 Å². The summed E-state index contributed by atoms with van der Waals surface area (Å²) in [5, 5.41) is 26.8. The zero-order chi connectivity index (χ0) is 14.9. The van der Waals surface area contributed by atoms with Gasteiger partial charge in [0.25, 0.3) is 5.69 Å². The number of nitro benzene ring substituents is 1. The minimum Gasteiger partial charge on any atom is -0.477 e. The minimum absolute atomic E-state index is 0.0343. The number of benzene rings is 1. The van der Waals surface area contributed by atoms with Crippen LogP contribution in [0.2, 0.25) is 0 Å². The van der Waals surface area contributed by atoms with Crippen molar-refractivity contribution in [2.45, 2.75) is 6.54 Å². The van der Waals surface area contributed by atoms with Crippen molar-refractivity contribution in [3.8, 4) is 0 Å². The molecule has 0 saturated carbocycles. The number of aromatic nitrogens is 4. The molecular weight excluding hydrogens is 270 g/mol. The molecule has 0 unspecified atom stereocenters. The van der Waals surface area contributed by atoms with Gasteiger partial charge in [0.15, 0.2) is 0 Å². The smallest absolute Gasteiger partial charge is 0.363 e. The highest BCUT2D eigenvalue weighted by Gasteiger charge is 2.20. The van der Waals surface area contributed by atoms with E-state index >= 15 is 0 Å². The van der Waals surface area contributed by atoms with E-state index in [0.29, 0.717) is 5.56 Å². The third-order valence-corrected chi connectivity index (χ3v) is 2.60. The zero-order valence-corrected chi connectivity index (χ0v) is 10.3. The summed E-state index contributed by atoms with van der Waals surface area (Å²) < 4.78 is 2.03. The van der Waals surface area contributed by atoms with Crippen molar-refractivity contribution in [1.82, 2.24) is 19.8 Å². The highest BCUT2D eigenvalue weighted by molar-refractivity contribution is 5.92. The Kier molecular flexibility index (Phi) is 3.29. The first-order chi connectivity index (χ1) is 9.40. The van der Waals surface area contributed by atoms with E-state index in [2.05, 4.69) is 10.4 Å². The van der Waals surface area contributed by atoms with E-state index in [0.717, 1.165) is 21.5 Å². The van der Waals surface area contributed by atoms with Crippen molar-refractivity contribution in [3.63, 3.8) is 0 Å². The second-order valence-electron chi connectivity index (χ2n) is 3.96. The standard InChI is InChI=1S/C10H9N5O5/c1-13-10(18)14(12-11-13)5-6-2-3-7(9(16)17)8(4-6)15(19)20/h2-4H,5H2,1H3,(H,16,17). The van der Waals surface area contributed by atoms with Gasteiger partial charge in [0.2, 0.25) is 0 Å². The van der Waals surface area contributed by atoms with Crippen molar-refractivity contribution < 1.29 is 14.8 Å². The summed E-state index contributed by atoms with van der Waals surface area (Å²) in [5.41, 5.74) is -1.04. The SMILES string of the molecule is Cn1nnn(Cc2ccc(C(=O)O)c([N+](=O)[O-])c2)c1=O. The summed E-state index contributed by atoms with van der Waals surface area (Å²) >= 11 is 0. The summed E-state index contributed by atoms with van der Waals surface area (Å²) in [7, 11) is 1.42. The fraction of sp³-hybridized carbons (Fsp3) is 0.200. The molecule has 0 amide bonds. The number of hydrogen-bond acceptors (Lipinski definition) is 6. The molecule has 0 radical (unpaired) electrons. The van der Waals surface area contributed by atoms with Gasteiger partial charge in [-0.05, 0) is 22.1 Å². The maximum absolute atomic E-state index is 11.5. The van der Waals surface area contributed by atoms with Crippen LogP contribution in [0.15, 0.2) is 23.0 Å². The van der Waals surface area contributed by atoms with Crippen LogP contribution < -0.4 is 5.69 Å². The van der Waals surface area contributed by atoms with Gasteiger partial charge in [-0.15, -0.1) is 0 Å². The Hall–Kier alpha value is -3.04. The number of carbonyl (C=O) groups is 1. The van der Waals surface area contributed by atoms with Crippen LogP contribution in [0.4, 0.5) is 5.69 Å². The lowest BCUT2D eigenvalue weighted by atomic mass is 10.1. The van der Waals surface area contributed by atoms with Crippen molar-refractivity contribution in [1.29, 1.82) is 0 Å². The highest BCUT2D eigenvalue weighted by atomic mass is 16.6. The van der Waals surface area contributed by atoms with Crippen molar-refractivity contribution in [3.05, 3.63) is 49.9 Å².